The van der Waals surface area contributed by atoms with Crippen molar-refractivity contribution in [3.8, 4) is 0 Å². The third-order valence-electron chi connectivity index (χ3n) is 4.73. The van der Waals surface area contributed by atoms with Crippen LogP contribution in [-0.2, 0) is 14.3 Å². The van der Waals surface area contributed by atoms with Crippen LogP contribution in [0.5, 0.6) is 0 Å². The van der Waals surface area contributed by atoms with Gasteiger partial charge in [0.15, 0.2) is 0 Å². The van der Waals surface area contributed by atoms with E-state index < -0.39 is 5.97 Å². The molecule has 2 rings (SSSR count). The molecular weight excluding hydrogens is 276 g/mol. The van der Waals surface area contributed by atoms with E-state index >= 15 is 0 Å². The highest BCUT2D eigenvalue weighted by Gasteiger charge is 2.39. The minimum Gasteiger partial charge on any atom is -0.466 e. The van der Waals surface area contributed by atoms with Gasteiger partial charge in [-0.05, 0) is 41.7 Å². The Bertz CT molecular complexity index is 560. The minimum absolute atomic E-state index is 0.0273. The zero-order valence-corrected chi connectivity index (χ0v) is 14.0. The van der Waals surface area contributed by atoms with Crippen LogP contribution in [0.15, 0.2) is 24.3 Å². The zero-order chi connectivity index (χ0) is 16.3. The Labute approximate surface area is 133 Å². The Kier molecular flexibility index (Phi) is 5.05. The number of hydrogen-bond donors (Lipinski definition) is 0. The lowest BCUT2D eigenvalue weighted by molar-refractivity contribution is -0.145. The highest BCUT2D eigenvalue weighted by atomic mass is 16.5. The molecule has 2 unspecified atom stereocenters. The van der Waals surface area contributed by atoms with Crippen LogP contribution in [0.1, 0.15) is 69.9 Å². The van der Waals surface area contributed by atoms with Crippen LogP contribution in [0.2, 0.25) is 0 Å². The maximum absolute atomic E-state index is 12.2. The van der Waals surface area contributed by atoms with E-state index in [2.05, 4.69) is 45.0 Å². The monoisotopic (exact) mass is 302 g/mol. The largest absolute Gasteiger partial charge is 0.466 e. The number of ketones is 1. The zero-order valence-electron chi connectivity index (χ0n) is 14.0. The number of esters is 1. The summed E-state index contributed by atoms with van der Waals surface area (Å²) in [6.45, 7) is 8.59. The van der Waals surface area contributed by atoms with Crippen LogP contribution < -0.4 is 0 Å². The molecule has 0 fully saturated rings. The molecule has 0 aliphatic heterocycles. The molecule has 0 spiro atoms. The van der Waals surface area contributed by atoms with Crippen LogP contribution >= 0.6 is 0 Å². The fourth-order valence-electron chi connectivity index (χ4n) is 3.69. The topological polar surface area (TPSA) is 43.4 Å². The molecule has 0 N–H and O–H groups in total. The Morgan fingerprint density at radius 1 is 1.23 bits per heavy atom. The van der Waals surface area contributed by atoms with Gasteiger partial charge in [-0.1, -0.05) is 45.0 Å². The number of Topliss-reactive ketones (excluding diaryl/α,β-unsaturated/α-hetero) is 1. The summed E-state index contributed by atoms with van der Waals surface area (Å²) in [5, 5.41) is 0. The van der Waals surface area contributed by atoms with Gasteiger partial charge in [-0.25, -0.2) is 0 Å². The quantitative estimate of drug-likeness (QED) is 0.584. The van der Waals surface area contributed by atoms with Crippen molar-refractivity contribution in [3.63, 3.8) is 0 Å². The van der Waals surface area contributed by atoms with Crippen LogP contribution in [0, 0.1) is 5.41 Å². The first-order valence-corrected chi connectivity index (χ1v) is 8.11. The average molecular weight is 302 g/mol. The van der Waals surface area contributed by atoms with Gasteiger partial charge in [-0.3, -0.25) is 9.59 Å². The summed E-state index contributed by atoms with van der Waals surface area (Å²) in [6, 6.07) is 8.52. The predicted molar refractivity (Wildman–Crippen MR) is 86.9 cm³/mol. The first-order valence-electron chi connectivity index (χ1n) is 8.11. The van der Waals surface area contributed by atoms with E-state index in [-0.39, 0.29) is 17.6 Å². The second-order valence-corrected chi connectivity index (χ2v) is 7.00. The van der Waals surface area contributed by atoms with Crippen molar-refractivity contribution in [2.45, 2.75) is 58.8 Å². The lowest BCUT2D eigenvalue weighted by Gasteiger charge is -2.32. The van der Waals surface area contributed by atoms with E-state index in [4.69, 9.17) is 4.74 Å². The molecule has 0 bridgehead atoms. The van der Waals surface area contributed by atoms with Crippen molar-refractivity contribution in [1.82, 2.24) is 0 Å². The minimum atomic E-state index is -0.413. The third kappa shape index (κ3) is 3.57. The summed E-state index contributed by atoms with van der Waals surface area (Å²) in [5.74, 6) is 0.453. The van der Waals surface area contributed by atoms with Gasteiger partial charge in [0.1, 0.15) is 12.2 Å². The SMILES string of the molecule is CCOC(=O)CC(=O)CC(C)(C)C1CC(C)c2ccccc21. The Balaban J connectivity index is 2.08. The van der Waals surface area contributed by atoms with Crippen LogP contribution in [0.4, 0.5) is 0 Å². The number of benzene rings is 1. The standard InChI is InChI=1S/C19H26O3/c1-5-22-18(21)11-14(20)12-19(3,4)17-10-13(2)15-8-6-7-9-16(15)17/h6-9,13,17H,5,10-12H2,1-4H3. The van der Waals surface area contributed by atoms with Gasteiger partial charge in [0.2, 0.25) is 0 Å². The van der Waals surface area contributed by atoms with Crippen molar-refractivity contribution in [1.29, 1.82) is 0 Å². The Morgan fingerprint density at radius 3 is 2.50 bits per heavy atom. The maximum atomic E-state index is 12.2. The highest BCUT2D eigenvalue weighted by molar-refractivity contribution is 5.95. The van der Waals surface area contributed by atoms with Crippen molar-refractivity contribution in [2.75, 3.05) is 6.61 Å². The van der Waals surface area contributed by atoms with Crippen LogP contribution in [0.25, 0.3) is 0 Å². The van der Waals surface area contributed by atoms with Gasteiger partial charge in [-0.2, -0.15) is 0 Å². The lowest BCUT2D eigenvalue weighted by atomic mass is 9.72. The maximum Gasteiger partial charge on any atom is 0.313 e. The third-order valence-corrected chi connectivity index (χ3v) is 4.73. The lowest BCUT2D eigenvalue weighted by Crippen LogP contribution is -2.25. The molecule has 120 valence electrons. The van der Waals surface area contributed by atoms with E-state index in [9.17, 15) is 9.59 Å². The summed E-state index contributed by atoms with van der Waals surface area (Å²) in [5.41, 5.74) is 2.62. The van der Waals surface area contributed by atoms with Gasteiger partial charge in [0.25, 0.3) is 0 Å². The fraction of sp³-hybridized carbons (Fsp3) is 0.579. The molecule has 0 radical (unpaired) electrons. The molecule has 1 aliphatic rings. The van der Waals surface area contributed by atoms with Crippen LogP contribution in [-0.4, -0.2) is 18.4 Å². The first-order chi connectivity index (χ1) is 10.3. The van der Waals surface area contributed by atoms with Gasteiger partial charge in [0, 0.05) is 6.42 Å². The fourth-order valence-corrected chi connectivity index (χ4v) is 3.69. The average Bonchev–Trinajstić information content (AvgIpc) is 2.77. The number of carbonyl (C=O) groups excluding carboxylic acids is 2. The van der Waals surface area contributed by atoms with E-state index in [0.29, 0.717) is 24.9 Å². The van der Waals surface area contributed by atoms with Gasteiger partial charge in [-0.15, -0.1) is 0 Å². The van der Waals surface area contributed by atoms with E-state index in [0.717, 1.165) is 6.42 Å². The summed E-state index contributed by atoms with van der Waals surface area (Å²) in [4.78, 5) is 23.7. The molecule has 2 atom stereocenters. The molecule has 22 heavy (non-hydrogen) atoms. The van der Waals surface area contributed by atoms with E-state index in [1.165, 1.54) is 11.1 Å². The van der Waals surface area contributed by atoms with E-state index in [1.54, 1.807) is 6.92 Å². The number of carbonyl (C=O) groups is 2. The summed E-state index contributed by atoms with van der Waals surface area (Å²) >= 11 is 0. The number of fused-ring (bicyclic) bond motifs is 1. The summed E-state index contributed by atoms with van der Waals surface area (Å²) in [6.07, 6.45) is 1.37. The van der Waals surface area contributed by atoms with Gasteiger partial charge in [0.05, 0.1) is 6.61 Å². The summed E-state index contributed by atoms with van der Waals surface area (Å²) < 4.78 is 4.87. The van der Waals surface area contributed by atoms with Crippen molar-refractivity contribution in [3.05, 3.63) is 35.4 Å². The summed E-state index contributed by atoms with van der Waals surface area (Å²) in [7, 11) is 0. The Morgan fingerprint density at radius 2 is 1.86 bits per heavy atom. The Hall–Kier alpha value is -1.64. The normalized spacial score (nSPS) is 20.5. The van der Waals surface area contributed by atoms with Crippen LogP contribution in [0.3, 0.4) is 0 Å². The molecule has 3 heteroatoms. The molecule has 1 aliphatic carbocycles. The number of ether oxygens (including phenoxy) is 1. The number of hydrogen-bond acceptors (Lipinski definition) is 3. The molecule has 0 saturated heterocycles. The molecular formula is C19H26O3. The van der Waals surface area contributed by atoms with Crippen molar-refractivity contribution < 1.29 is 14.3 Å². The molecule has 0 saturated carbocycles. The molecule has 1 aromatic carbocycles. The second kappa shape index (κ2) is 6.64. The van der Waals surface area contributed by atoms with Gasteiger partial charge < -0.3 is 4.74 Å². The second-order valence-electron chi connectivity index (χ2n) is 7.00. The van der Waals surface area contributed by atoms with Crippen molar-refractivity contribution in [2.24, 2.45) is 5.41 Å². The molecule has 0 aromatic heterocycles. The molecule has 0 heterocycles. The number of rotatable bonds is 6. The molecule has 3 nitrogen and oxygen atoms in total. The van der Waals surface area contributed by atoms with E-state index in [1.807, 2.05) is 0 Å². The highest BCUT2D eigenvalue weighted by Crippen LogP contribution is 2.51. The molecule has 0 amide bonds. The molecule has 1 aromatic rings. The smallest absolute Gasteiger partial charge is 0.313 e. The van der Waals surface area contributed by atoms with Crippen molar-refractivity contribution >= 4 is 11.8 Å². The van der Waals surface area contributed by atoms with Gasteiger partial charge >= 0.3 is 5.97 Å². The first kappa shape index (κ1) is 16.7. The predicted octanol–water partition coefficient (Wildman–Crippen LogP) is 4.22.